The van der Waals surface area contributed by atoms with Crippen molar-refractivity contribution in [3.05, 3.63) is 161 Å². The van der Waals surface area contributed by atoms with Gasteiger partial charge in [-0.1, -0.05) is 60.7 Å². The molecule has 0 radical (unpaired) electrons. The van der Waals surface area contributed by atoms with Gasteiger partial charge in [-0.05, 0) is 101 Å². The van der Waals surface area contributed by atoms with Gasteiger partial charge in [0.25, 0.3) is 0 Å². The van der Waals surface area contributed by atoms with Crippen molar-refractivity contribution in [1.82, 2.24) is 0 Å². The highest BCUT2D eigenvalue weighted by molar-refractivity contribution is 6.53. The first-order valence-electron chi connectivity index (χ1n) is 16.6. The fourth-order valence-electron chi connectivity index (χ4n) is 5.71. The third-order valence-corrected chi connectivity index (χ3v) is 8.64. The van der Waals surface area contributed by atoms with Crippen LogP contribution < -0.4 is 14.7 Å². The van der Waals surface area contributed by atoms with Crippen LogP contribution in [0.5, 0.6) is 0 Å². The smallest absolute Gasteiger partial charge is 0.237 e. The lowest BCUT2D eigenvalue weighted by Crippen LogP contribution is -2.09. The Hall–Kier alpha value is -5.95. The Morgan fingerprint density at radius 3 is 1.56 bits per heavy atom. The predicted molar refractivity (Wildman–Crippen MR) is 209 cm³/mol. The van der Waals surface area contributed by atoms with E-state index in [-0.39, 0.29) is 16.9 Å². The molecule has 0 spiro atoms. The molecule has 0 saturated carbocycles. The Morgan fingerprint density at radius 2 is 1.12 bits per heavy atom. The molecule has 3 aromatic rings. The molecular formula is C43H44N4O3. The van der Waals surface area contributed by atoms with Crippen LogP contribution in [0.25, 0.3) is 11.1 Å². The minimum absolute atomic E-state index is 0.0376. The quantitative estimate of drug-likeness (QED) is 0.176. The van der Waals surface area contributed by atoms with Gasteiger partial charge in [0.15, 0.2) is 0 Å². The maximum Gasteiger partial charge on any atom is 0.237 e. The summed E-state index contributed by atoms with van der Waals surface area (Å²) in [6.07, 6.45) is 14.5. The number of Topliss-reactive ketones (excluding diaryl/α,β-unsaturated/α-hetero) is 2. The number of rotatable bonds is 10. The Labute approximate surface area is 295 Å². The monoisotopic (exact) mass is 664 g/mol. The average Bonchev–Trinajstić information content (AvgIpc) is 3.32. The second-order valence-corrected chi connectivity index (χ2v) is 12.7. The topological polar surface area (TPSA) is 76.5 Å². The van der Waals surface area contributed by atoms with Gasteiger partial charge in [-0.2, -0.15) is 0 Å². The lowest BCUT2D eigenvalue weighted by atomic mass is 9.95. The first kappa shape index (κ1) is 35.4. The number of carbonyl (C=O) groups excluding carboxylic acids is 2. The molecule has 0 aliphatic heterocycles. The lowest BCUT2D eigenvalue weighted by molar-refractivity contribution is -0.131. The van der Waals surface area contributed by atoms with Crippen LogP contribution in [0, 0.1) is 0 Å². The number of hydrogen-bond acceptors (Lipinski definition) is 7. The summed E-state index contributed by atoms with van der Waals surface area (Å²) in [5.74, 6) is -1.83. The Morgan fingerprint density at radius 1 is 0.660 bits per heavy atom. The largest absolute Gasteiger partial charge is 0.506 e. The van der Waals surface area contributed by atoms with Gasteiger partial charge >= 0.3 is 0 Å². The molecular weight excluding hydrogens is 620 g/mol. The van der Waals surface area contributed by atoms with Crippen LogP contribution in [-0.2, 0) is 9.59 Å². The van der Waals surface area contributed by atoms with Gasteiger partial charge < -0.3 is 19.8 Å². The van der Waals surface area contributed by atoms with Crippen LogP contribution in [0.3, 0.4) is 0 Å². The van der Waals surface area contributed by atoms with Crippen LogP contribution in [0.2, 0.25) is 0 Å². The van der Waals surface area contributed by atoms with Gasteiger partial charge in [0.1, 0.15) is 5.76 Å². The zero-order valence-electron chi connectivity index (χ0n) is 29.8. The molecule has 5 rings (SSSR count). The minimum atomic E-state index is -0.745. The van der Waals surface area contributed by atoms with E-state index in [4.69, 9.17) is 0 Å². The van der Waals surface area contributed by atoms with Crippen molar-refractivity contribution < 1.29 is 14.7 Å². The fraction of sp³-hybridized carbons (Fsp3) is 0.186. The number of hydrogen-bond donors (Lipinski definition) is 1. The van der Waals surface area contributed by atoms with E-state index in [1.807, 2.05) is 161 Å². The van der Waals surface area contributed by atoms with Crippen molar-refractivity contribution >= 4 is 45.5 Å². The highest BCUT2D eigenvalue weighted by Crippen LogP contribution is 2.32. The molecule has 2 aliphatic rings. The summed E-state index contributed by atoms with van der Waals surface area (Å²) >= 11 is 0. The minimum Gasteiger partial charge on any atom is -0.506 e. The summed E-state index contributed by atoms with van der Waals surface area (Å²) in [6.45, 7) is 2.67. The molecule has 0 heterocycles. The van der Waals surface area contributed by atoms with E-state index in [0.717, 1.165) is 56.2 Å². The van der Waals surface area contributed by atoms with Gasteiger partial charge in [0.2, 0.25) is 11.6 Å². The van der Waals surface area contributed by atoms with Gasteiger partial charge in [0, 0.05) is 65.9 Å². The van der Waals surface area contributed by atoms with Crippen molar-refractivity contribution in [2.75, 3.05) is 63.5 Å². The zero-order chi connectivity index (χ0) is 35.9. The summed E-state index contributed by atoms with van der Waals surface area (Å²) in [7, 11) is 11.9. The van der Waals surface area contributed by atoms with E-state index < -0.39 is 11.6 Å². The standard InChI is InChI=1S/C43H44N4O3/c1-8-44-33-17-9-29(10-18-33)37(30-11-19-34(20-12-30)45(2)3)25-27-39-41(48)40(43(50)42(39)49)28-26-38(31-13-21-35(22-14-31)46(4)5)32-15-23-36(24-16-32)47(6)7/h9-28,48H,8H2,1-7H3. The fourth-order valence-corrected chi connectivity index (χ4v) is 5.71. The Bertz CT molecular complexity index is 1940. The van der Waals surface area contributed by atoms with E-state index in [2.05, 4.69) is 4.99 Å². The van der Waals surface area contributed by atoms with Gasteiger partial charge in [0.05, 0.1) is 16.9 Å². The van der Waals surface area contributed by atoms with Crippen molar-refractivity contribution in [2.24, 2.45) is 4.99 Å². The van der Waals surface area contributed by atoms with E-state index in [9.17, 15) is 14.7 Å². The summed E-state index contributed by atoms with van der Waals surface area (Å²) in [4.78, 5) is 37.2. The maximum atomic E-state index is 13.3. The molecule has 0 atom stereocenters. The average molecular weight is 665 g/mol. The third-order valence-electron chi connectivity index (χ3n) is 8.64. The number of nitrogens with zero attached hydrogens (tertiary/aromatic N) is 4. The number of benzene rings is 3. The summed E-state index contributed by atoms with van der Waals surface area (Å²) in [5.41, 5.74) is 9.35. The molecule has 7 nitrogen and oxygen atoms in total. The van der Waals surface area contributed by atoms with Crippen molar-refractivity contribution in [3.8, 4) is 0 Å². The van der Waals surface area contributed by atoms with Crippen LogP contribution in [0.15, 0.2) is 149 Å². The second-order valence-electron chi connectivity index (χ2n) is 12.7. The maximum absolute atomic E-state index is 13.3. The molecule has 0 aromatic heterocycles. The van der Waals surface area contributed by atoms with Crippen molar-refractivity contribution in [1.29, 1.82) is 0 Å². The molecule has 0 unspecified atom stereocenters. The summed E-state index contributed by atoms with van der Waals surface area (Å²) in [5, 5.41) is 11.3. The number of aliphatic imine (C=N–C) groups is 1. The van der Waals surface area contributed by atoms with Gasteiger partial charge in [-0.3, -0.25) is 14.6 Å². The van der Waals surface area contributed by atoms with Crippen molar-refractivity contribution in [3.63, 3.8) is 0 Å². The highest BCUT2D eigenvalue weighted by atomic mass is 16.3. The number of allylic oxidation sites excluding steroid dienone is 12. The number of anilines is 3. The summed E-state index contributed by atoms with van der Waals surface area (Å²) < 4.78 is 0. The highest BCUT2D eigenvalue weighted by Gasteiger charge is 2.34. The number of carbonyl (C=O) groups is 2. The lowest BCUT2D eigenvalue weighted by Gasteiger charge is -2.16. The number of ketones is 2. The Kier molecular flexibility index (Phi) is 11.0. The third kappa shape index (κ3) is 7.84. The van der Waals surface area contributed by atoms with Crippen LogP contribution in [-0.4, -0.2) is 71.2 Å². The molecule has 0 fully saturated rings. The molecule has 50 heavy (non-hydrogen) atoms. The molecule has 3 aromatic carbocycles. The van der Waals surface area contributed by atoms with Crippen LogP contribution >= 0.6 is 0 Å². The van der Waals surface area contributed by atoms with Crippen molar-refractivity contribution in [2.45, 2.75) is 6.92 Å². The number of aliphatic hydroxyl groups excluding tert-OH is 1. The van der Waals surface area contributed by atoms with Gasteiger partial charge in [-0.15, -0.1) is 0 Å². The van der Waals surface area contributed by atoms with E-state index in [0.29, 0.717) is 6.54 Å². The normalized spacial score (nSPS) is 15.0. The zero-order valence-corrected chi connectivity index (χ0v) is 29.8. The molecule has 0 saturated heterocycles. The molecule has 7 heteroatoms. The van der Waals surface area contributed by atoms with E-state index in [1.54, 1.807) is 24.3 Å². The molecule has 2 aliphatic carbocycles. The molecule has 0 amide bonds. The summed E-state index contributed by atoms with van der Waals surface area (Å²) in [6, 6.07) is 24.3. The SMILES string of the molecule is CCN=C1C=CC(=C(C=CC2=C(O)C(=CC=C(c3ccc(N(C)C)cc3)c3ccc(N(C)C)cc3)C(=O)C2=O)c2ccc(N(C)C)cc2)C=C1. The van der Waals surface area contributed by atoms with E-state index in [1.165, 1.54) is 0 Å². The molecule has 0 bridgehead atoms. The first-order valence-corrected chi connectivity index (χ1v) is 16.6. The first-order chi connectivity index (χ1) is 24.0. The molecule has 254 valence electrons. The predicted octanol–water partition coefficient (Wildman–Crippen LogP) is 7.80. The number of aliphatic hydroxyl groups is 1. The second kappa shape index (κ2) is 15.5. The van der Waals surface area contributed by atoms with Crippen LogP contribution in [0.1, 0.15) is 23.6 Å². The van der Waals surface area contributed by atoms with E-state index >= 15 is 0 Å². The van der Waals surface area contributed by atoms with Gasteiger partial charge in [-0.25, -0.2) is 0 Å². The Balaban J connectivity index is 1.56. The molecule has 1 N–H and O–H groups in total. The van der Waals surface area contributed by atoms with Crippen LogP contribution in [0.4, 0.5) is 17.1 Å².